The van der Waals surface area contributed by atoms with Crippen LogP contribution in [-0.4, -0.2) is 44.2 Å². The van der Waals surface area contributed by atoms with Crippen LogP contribution >= 0.6 is 0 Å². The first kappa shape index (κ1) is 18.0. The van der Waals surface area contributed by atoms with Crippen LogP contribution in [-0.2, 0) is 9.47 Å². The topological polar surface area (TPSA) is 62.8 Å². The van der Waals surface area contributed by atoms with Crippen molar-refractivity contribution < 1.29 is 14.3 Å². The van der Waals surface area contributed by atoms with Crippen molar-refractivity contribution in [3.8, 4) is 0 Å². The molecule has 0 unspecified atom stereocenters. The number of carbonyl (C=O) groups is 1. The third-order valence-electron chi connectivity index (χ3n) is 5.18. The third kappa shape index (κ3) is 4.44. The molecule has 6 heteroatoms. The molecule has 1 aromatic rings. The van der Waals surface area contributed by atoms with Crippen LogP contribution in [0.25, 0.3) is 0 Å². The molecule has 25 heavy (non-hydrogen) atoms. The molecule has 0 atom stereocenters. The number of carbonyl (C=O) groups excluding carboxylic acids is 1. The standard InChI is InChI=1S/C19H29N3O3/c1-14(2)22(3)17-6-4-5-16(13-17)21-18(23)20-15-7-9-19(10-8-15)24-11-12-25-19/h4-6,13-15H,7-12H2,1-3H3,(H2,20,21,23). The molecule has 3 rings (SSSR count). The van der Waals surface area contributed by atoms with Crippen LogP contribution in [0.3, 0.4) is 0 Å². The highest BCUT2D eigenvalue weighted by Gasteiger charge is 2.40. The number of ether oxygens (including phenoxy) is 2. The molecule has 1 heterocycles. The van der Waals surface area contributed by atoms with E-state index < -0.39 is 0 Å². The number of hydrogen-bond donors (Lipinski definition) is 2. The Morgan fingerprint density at radius 2 is 1.92 bits per heavy atom. The first-order valence-corrected chi connectivity index (χ1v) is 9.16. The number of nitrogens with one attached hydrogen (secondary N) is 2. The Kier molecular flexibility index (Phi) is 5.49. The lowest BCUT2D eigenvalue weighted by molar-refractivity contribution is -0.179. The summed E-state index contributed by atoms with van der Waals surface area (Å²) in [4.78, 5) is 14.5. The van der Waals surface area contributed by atoms with Gasteiger partial charge in [-0.05, 0) is 44.9 Å². The van der Waals surface area contributed by atoms with Crippen LogP contribution in [0.2, 0.25) is 0 Å². The zero-order chi connectivity index (χ0) is 17.9. The Morgan fingerprint density at radius 3 is 2.56 bits per heavy atom. The maximum absolute atomic E-state index is 12.3. The van der Waals surface area contributed by atoms with E-state index >= 15 is 0 Å². The fourth-order valence-corrected chi connectivity index (χ4v) is 3.44. The average Bonchev–Trinajstić information content (AvgIpc) is 3.05. The maximum Gasteiger partial charge on any atom is 0.319 e. The van der Waals surface area contributed by atoms with Crippen LogP contribution in [0.1, 0.15) is 39.5 Å². The highest BCUT2D eigenvalue weighted by molar-refractivity contribution is 5.90. The summed E-state index contributed by atoms with van der Waals surface area (Å²) in [5.74, 6) is -0.385. The predicted octanol–water partition coefficient (Wildman–Crippen LogP) is 3.34. The molecule has 1 saturated carbocycles. The molecule has 1 aliphatic heterocycles. The van der Waals surface area contributed by atoms with E-state index in [1.807, 2.05) is 24.3 Å². The zero-order valence-corrected chi connectivity index (χ0v) is 15.4. The number of rotatable bonds is 4. The van der Waals surface area contributed by atoms with E-state index in [1.165, 1.54) is 0 Å². The normalized spacial score (nSPS) is 20.0. The van der Waals surface area contributed by atoms with E-state index in [-0.39, 0.29) is 17.9 Å². The smallest absolute Gasteiger partial charge is 0.319 e. The van der Waals surface area contributed by atoms with Crippen molar-refractivity contribution in [3.63, 3.8) is 0 Å². The summed E-state index contributed by atoms with van der Waals surface area (Å²) in [6.45, 7) is 5.64. The first-order valence-electron chi connectivity index (χ1n) is 9.16. The number of amides is 2. The van der Waals surface area contributed by atoms with Crippen LogP contribution in [0.15, 0.2) is 24.3 Å². The molecule has 2 fully saturated rings. The Morgan fingerprint density at radius 1 is 1.24 bits per heavy atom. The number of hydrogen-bond acceptors (Lipinski definition) is 4. The second-order valence-corrected chi connectivity index (χ2v) is 7.24. The molecular formula is C19H29N3O3. The minimum Gasteiger partial charge on any atom is -0.372 e. The largest absolute Gasteiger partial charge is 0.372 e. The van der Waals surface area contributed by atoms with Crippen LogP contribution in [0.4, 0.5) is 16.2 Å². The Balaban J connectivity index is 1.50. The van der Waals surface area contributed by atoms with Crippen molar-refractivity contribution in [2.45, 2.75) is 57.4 Å². The molecule has 138 valence electrons. The van der Waals surface area contributed by atoms with Gasteiger partial charge in [0.05, 0.1) is 13.2 Å². The molecule has 2 N–H and O–H groups in total. The monoisotopic (exact) mass is 347 g/mol. The fourth-order valence-electron chi connectivity index (χ4n) is 3.44. The van der Waals surface area contributed by atoms with Crippen molar-refractivity contribution in [2.24, 2.45) is 0 Å². The Labute approximate surface area is 149 Å². The van der Waals surface area contributed by atoms with E-state index in [9.17, 15) is 4.79 Å². The van der Waals surface area contributed by atoms with Gasteiger partial charge in [-0.2, -0.15) is 0 Å². The number of benzene rings is 1. The summed E-state index contributed by atoms with van der Waals surface area (Å²) in [7, 11) is 2.05. The van der Waals surface area contributed by atoms with Crippen molar-refractivity contribution >= 4 is 17.4 Å². The van der Waals surface area contributed by atoms with Gasteiger partial charge < -0.3 is 25.0 Å². The lowest BCUT2D eigenvalue weighted by atomic mass is 9.90. The van der Waals surface area contributed by atoms with Gasteiger partial charge in [0, 0.05) is 43.3 Å². The molecule has 0 radical (unpaired) electrons. The van der Waals surface area contributed by atoms with Gasteiger partial charge in [0.1, 0.15) is 0 Å². The summed E-state index contributed by atoms with van der Waals surface area (Å²) < 4.78 is 11.5. The molecule has 0 bridgehead atoms. The lowest BCUT2D eigenvalue weighted by Gasteiger charge is -2.35. The minimum atomic E-state index is -0.385. The number of anilines is 2. The molecule has 0 aromatic heterocycles. The summed E-state index contributed by atoms with van der Waals surface area (Å²) >= 11 is 0. The third-order valence-corrected chi connectivity index (χ3v) is 5.18. The zero-order valence-electron chi connectivity index (χ0n) is 15.4. The highest BCUT2D eigenvalue weighted by atomic mass is 16.7. The van der Waals surface area contributed by atoms with E-state index in [2.05, 4.69) is 36.4 Å². The number of nitrogens with zero attached hydrogens (tertiary/aromatic N) is 1. The van der Waals surface area contributed by atoms with E-state index in [0.717, 1.165) is 37.1 Å². The second kappa shape index (κ2) is 7.62. The van der Waals surface area contributed by atoms with Crippen molar-refractivity contribution in [1.29, 1.82) is 0 Å². The maximum atomic E-state index is 12.3. The Bertz CT molecular complexity index is 589. The van der Waals surface area contributed by atoms with E-state index in [4.69, 9.17) is 9.47 Å². The summed E-state index contributed by atoms with van der Waals surface area (Å²) in [5.41, 5.74) is 1.89. The van der Waals surface area contributed by atoms with Crippen molar-refractivity contribution in [3.05, 3.63) is 24.3 Å². The number of urea groups is 1. The predicted molar refractivity (Wildman–Crippen MR) is 99.0 cm³/mol. The molecule has 1 aliphatic carbocycles. The molecular weight excluding hydrogens is 318 g/mol. The van der Waals surface area contributed by atoms with E-state index in [0.29, 0.717) is 19.3 Å². The molecule has 2 aliphatic rings. The van der Waals surface area contributed by atoms with Gasteiger partial charge in [0.2, 0.25) is 0 Å². The van der Waals surface area contributed by atoms with Gasteiger partial charge in [0.15, 0.2) is 5.79 Å². The summed E-state index contributed by atoms with van der Waals surface area (Å²) in [5, 5.41) is 6.02. The minimum absolute atomic E-state index is 0.154. The van der Waals surface area contributed by atoms with Gasteiger partial charge in [0.25, 0.3) is 0 Å². The van der Waals surface area contributed by atoms with Crippen LogP contribution in [0, 0.1) is 0 Å². The Hall–Kier alpha value is -1.79. The lowest BCUT2D eigenvalue weighted by Crippen LogP contribution is -2.45. The van der Waals surface area contributed by atoms with Crippen molar-refractivity contribution in [1.82, 2.24) is 5.32 Å². The van der Waals surface area contributed by atoms with Gasteiger partial charge in [-0.3, -0.25) is 0 Å². The summed E-state index contributed by atoms with van der Waals surface area (Å²) in [6.07, 6.45) is 3.44. The van der Waals surface area contributed by atoms with Crippen LogP contribution < -0.4 is 15.5 Å². The van der Waals surface area contributed by atoms with Crippen molar-refractivity contribution in [2.75, 3.05) is 30.5 Å². The molecule has 2 amide bonds. The van der Waals surface area contributed by atoms with Gasteiger partial charge in [-0.25, -0.2) is 4.79 Å². The van der Waals surface area contributed by atoms with Crippen LogP contribution in [0.5, 0.6) is 0 Å². The quantitative estimate of drug-likeness (QED) is 0.877. The van der Waals surface area contributed by atoms with Gasteiger partial charge in [-0.1, -0.05) is 6.07 Å². The summed E-state index contributed by atoms with van der Waals surface area (Å²) in [6, 6.07) is 8.33. The SMILES string of the molecule is CC(C)N(C)c1cccc(NC(=O)NC2CCC3(CC2)OCCO3)c1. The molecule has 1 aromatic carbocycles. The first-order chi connectivity index (χ1) is 12.0. The average molecular weight is 347 g/mol. The highest BCUT2D eigenvalue weighted by Crippen LogP contribution is 2.35. The van der Waals surface area contributed by atoms with Gasteiger partial charge in [-0.15, -0.1) is 0 Å². The molecule has 1 spiro atoms. The van der Waals surface area contributed by atoms with Gasteiger partial charge >= 0.3 is 6.03 Å². The fraction of sp³-hybridized carbons (Fsp3) is 0.632. The van der Waals surface area contributed by atoms with E-state index in [1.54, 1.807) is 0 Å². The second-order valence-electron chi connectivity index (χ2n) is 7.24. The molecule has 1 saturated heterocycles. The molecule has 6 nitrogen and oxygen atoms in total.